The molecule has 0 radical (unpaired) electrons. The number of hydrogen-bond donors (Lipinski definition) is 2. The number of carbonyl (C=O) groups excluding carboxylic acids is 1. The van der Waals surface area contributed by atoms with Crippen LogP contribution in [0, 0.1) is 0 Å². The summed E-state index contributed by atoms with van der Waals surface area (Å²) < 4.78 is 1.44. The van der Waals surface area contributed by atoms with Crippen LogP contribution >= 0.6 is 11.9 Å². The lowest BCUT2D eigenvalue weighted by molar-refractivity contribution is 0.220. The van der Waals surface area contributed by atoms with Gasteiger partial charge < -0.3 is 0 Å². The largest absolute Gasteiger partial charge is 0.343 e. The Hall–Kier alpha value is -0.750. The molecule has 0 saturated heterocycles. The maximum absolute atomic E-state index is 10.8. The molecule has 0 aromatic heterocycles. The molecule has 1 unspecified atom stereocenters. The molecular formula is C4H8N4OS. The minimum absolute atomic E-state index is 0.117. The van der Waals surface area contributed by atoms with Crippen LogP contribution in [-0.4, -0.2) is 22.0 Å². The molecule has 1 aliphatic rings. The SMILES string of the molecule is CC1N=CSN1C(=O)NN. The molecule has 3 N–H and O–H groups in total. The zero-order valence-corrected chi connectivity index (χ0v) is 6.26. The van der Waals surface area contributed by atoms with Gasteiger partial charge in [-0.1, -0.05) is 0 Å². The van der Waals surface area contributed by atoms with Gasteiger partial charge in [-0.15, -0.1) is 0 Å². The average Bonchev–Trinajstić information content (AvgIpc) is 2.34. The highest BCUT2D eigenvalue weighted by Gasteiger charge is 2.22. The van der Waals surface area contributed by atoms with Crippen molar-refractivity contribution in [2.24, 2.45) is 10.8 Å². The van der Waals surface area contributed by atoms with Gasteiger partial charge >= 0.3 is 6.03 Å². The van der Waals surface area contributed by atoms with E-state index in [1.165, 1.54) is 16.3 Å². The third-order valence-corrected chi connectivity index (χ3v) is 2.01. The molecule has 0 aromatic carbocycles. The first-order chi connectivity index (χ1) is 4.75. The van der Waals surface area contributed by atoms with Crippen LogP contribution in [0.3, 0.4) is 0 Å². The van der Waals surface area contributed by atoms with Gasteiger partial charge in [0.2, 0.25) is 0 Å². The Morgan fingerprint density at radius 2 is 2.70 bits per heavy atom. The lowest BCUT2D eigenvalue weighted by Gasteiger charge is -2.16. The molecule has 1 aliphatic heterocycles. The number of carbonyl (C=O) groups is 1. The van der Waals surface area contributed by atoms with Crippen molar-refractivity contribution in [3.63, 3.8) is 0 Å². The maximum atomic E-state index is 10.8. The molecule has 1 atom stereocenters. The van der Waals surface area contributed by atoms with Crippen LogP contribution in [-0.2, 0) is 0 Å². The highest BCUT2D eigenvalue weighted by Crippen LogP contribution is 2.18. The highest BCUT2D eigenvalue weighted by atomic mass is 32.2. The van der Waals surface area contributed by atoms with Crippen molar-refractivity contribution in [2.45, 2.75) is 13.1 Å². The molecule has 56 valence electrons. The van der Waals surface area contributed by atoms with Crippen molar-refractivity contribution >= 4 is 23.5 Å². The van der Waals surface area contributed by atoms with E-state index in [2.05, 4.69) is 4.99 Å². The van der Waals surface area contributed by atoms with E-state index in [9.17, 15) is 4.79 Å². The van der Waals surface area contributed by atoms with Gasteiger partial charge in [0.15, 0.2) is 0 Å². The van der Waals surface area contributed by atoms with Gasteiger partial charge in [-0.3, -0.25) is 10.4 Å². The van der Waals surface area contributed by atoms with Crippen LogP contribution < -0.4 is 11.3 Å². The van der Waals surface area contributed by atoms with Gasteiger partial charge in [-0.05, 0) is 6.92 Å². The van der Waals surface area contributed by atoms with E-state index in [1.54, 1.807) is 5.55 Å². The Morgan fingerprint density at radius 3 is 3.10 bits per heavy atom. The van der Waals surface area contributed by atoms with Gasteiger partial charge in [-0.2, -0.15) is 0 Å². The van der Waals surface area contributed by atoms with Crippen LogP contribution in [0.1, 0.15) is 6.92 Å². The summed E-state index contributed by atoms with van der Waals surface area (Å²) in [6, 6.07) is -0.324. The summed E-state index contributed by atoms with van der Waals surface area (Å²) >= 11 is 1.23. The Bertz CT molecular complexity index is 171. The lowest BCUT2D eigenvalue weighted by atomic mass is 10.6. The second kappa shape index (κ2) is 2.89. The molecular weight excluding hydrogens is 152 g/mol. The number of hydrazine groups is 1. The second-order valence-electron chi connectivity index (χ2n) is 1.77. The van der Waals surface area contributed by atoms with E-state index in [1.807, 2.05) is 12.3 Å². The fourth-order valence-electron chi connectivity index (χ4n) is 0.596. The number of urea groups is 1. The van der Waals surface area contributed by atoms with E-state index < -0.39 is 0 Å². The van der Waals surface area contributed by atoms with E-state index in [4.69, 9.17) is 5.84 Å². The maximum Gasteiger partial charge on any atom is 0.343 e. The van der Waals surface area contributed by atoms with E-state index in [0.29, 0.717) is 0 Å². The molecule has 1 heterocycles. The first kappa shape index (κ1) is 7.36. The van der Waals surface area contributed by atoms with Crippen LogP contribution in [0.25, 0.3) is 0 Å². The number of aliphatic imine (C=N–C) groups is 1. The molecule has 0 spiro atoms. The molecule has 2 amide bonds. The van der Waals surface area contributed by atoms with Crippen molar-refractivity contribution in [3.8, 4) is 0 Å². The molecule has 0 saturated carbocycles. The van der Waals surface area contributed by atoms with Crippen LogP contribution in [0.5, 0.6) is 0 Å². The molecule has 0 aromatic rings. The van der Waals surface area contributed by atoms with Crippen molar-refractivity contribution in [2.75, 3.05) is 0 Å². The number of nitrogens with two attached hydrogens (primary N) is 1. The number of hydrogen-bond acceptors (Lipinski definition) is 4. The Balaban J connectivity index is 2.51. The molecule has 0 aliphatic carbocycles. The second-order valence-corrected chi connectivity index (χ2v) is 2.58. The smallest absolute Gasteiger partial charge is 0.275 e. The Morgan fingerprint density at radius 1 is 2.00 bits per heavy atom. The summed E-state index contributed by atoms with van der Waals surface area (Å²) in [6.07, 6.45) is -0.117. The molecule has 5 nitrogen and oxygen atoms in total. The third kappa shape index (κ3) is 1.22. The van der Waals surface area contributed by atoms with Crippen molar-refractivity contribution < 1.29 is 4.79 Å². The summed E-state index contributed by atoms with van der Waals surface area (Å²) in [5.74, 6) is 4.90. The normalized spacial score (nSPS) is 23.4. The zero-order valence-electron chi connectivity index (χ0n) is 5.44. The summed E-state index contributed by atoms with van der Waals surface area (Å²) in [5, 5.41) is 0. The summed E-state index contributed by atoms with van der Waals surface area (Å²) in [7, 11) is 0. The minimum Gasteiger partial charge on any atom is -0.275 e. The first-order valence-electron chi connectivity index (χ1n) is 2.74. The van der Waals surface area contributed by atoms with E-state index in [-0.39, 0.29) is 12.2 Å². The number of nitrogens with zero attached hydrogens (tertiary/aromatic N) is 2. The number of amides is 2. The van der Waals surface area contributed by atoms with Gasteiger partial charge in [-0.25, -0.2) is 14.9 Å². The van der Waals surface area contributed by atoms with Crippen molar-refractivity contribution in [3.05, 3.63) is 0 Å². The Kier molecular flexibility index (Phi) is 2.13. The van der Waals surface area contributed by atoms with Crippen molar-refractivity contribution in [1.82, 2.24) is 9.73 Å². The van der Waals surface area contributed by atoms with Crippen molar-refractivity contribution in [1.29, 1.82) is 0 Å². The van der Waals surface area contributed by atoms with Gasteiger partial charge in [0.05, 0.1) is 5.55 Å². The van der Waals surface area contributed by atoms with Crippen LogP contribution in [0.4, 0.5) is 4.79 Å². The zero-order chi connectivity index (χ0) is 7.56. The van der Waals surface area contributed by atoms with Gasteiger partial charge in [0, 0.05) is 11.9 Å². The monoisotopic (exact) mass is 160 g/mol. The molecule has 0 bridgehead atoms. The standard InChI is InChI=1S/C4H8N4OS/c1-3-6-2-10-8(3)4(9)7-5/h2-3H,5H2,1H3,(H,7,9). The highest BCUT2D eigenvalue weighted by molar-refractivity contribution is 8.10. The fourth-order valence-corrected chi connectivity index (χ4v) is 1.31. The molecule has 0 fully saturated rings. The van der Waals surface area contributed by atoms with Gasteiger partial charge in [0.1, 0.15) is 6.17 Å². The summed E-state index contributed by atoms with van der Waals surface area (Å²) in [4.78, 5) is 14.7. The summed E-state index contributed by atoms with van der Waals surface area (Å²) in [5.41, 5.74) is 3.63. The lowest BCUT2D eigenvalue weighted by Crippen LogP contribution is -2.41. The predicted molar refractivity (Wildman–Crippen MR) is 40.1 cm³/mol. The number of rotatable bonds is 0. The molecule has 1 rings (SSSR count). The van der Waals surface area contributed by atoms with Gasteiger partial charge in [0.25, 0.3) is 0 Å². The number of nitrogens with one attached hydrogen (secondary N) is 1. The van der Waals surface area contributed by atoms with Crippen LogP contribution in [0.15, 0.2) is 4.99 Å². The fraction of sp³-hybridized carbons (Fsp3) is 0.500. The molecule has 6 heteroatoms. The van der Waals surface area contributed by atoms with E-state index >= 15 is 0 Å². The topological polar surface area (TPSA) is 70.7 Å². The third-order valence-electron chi connectivity index (χ3n) is 1.10. The minimum atomic E-state index is -0.324. The average molecular weight is 160 g/mol. The first-order valence-corrected chi connectivity index (χ1v) is 3.57. The Labute approximate surface area is 62.8 Å². The molecule has 10 heavy (non-hydrogen) atoms. The van der Waals surface area contributed by atoms with E-state index in [0.717, 1.165) is 0 Å². The van der Waals surface area contributed by atoms with Crippen LogP contribution in [0.2, 0.25) is 0 Å². The predicted octanol–water partition coefficient (Wildman–Crippen LogP) is -0.0922. The quantitative estimate of drug-likeness (QED) is 0.225. The summed E-state index contributed by atoms with van der Waals surface area (Å²) in [6.45, 7) is 1.81.